The summed E-state index contributed by atoms with van der Waals surface area (Å²) in [4.78, 5) is 20.1. The van der Waals surface area contributed by atoms with E-state index in [1.165, 1.54) is 32.0 Å². The maximum atomic E-state index is 11.2. The quantitative estimate of drug-likeness (QED) is 0.846. The number of nitrogens with zero attached hydrogens (tertiary/aromatic N) is 2. The first kappa shape index (κ1) is 11.2. The Kier molecular flexibility index (Phi) is 3.59. The molecule has 88 valence electrons. The summed E-state index contributed by atoms with van der Waals surface area (Å²) in [5, 5.41) is 0. The second-order valence-electron chi connectivity index (χ2n) is 4.49. The predicted octanol–water partition coefficient (Wildman–Crippen LogP) is 1.79. The van der Waals surface area contributed by atoms with Gasteiger partial charge in [0.25, 0.3) is 5.56 Å². The Balaban J connectivity index is 1.96. The van der Waals surface area contributed by atoms with E-state index in [0.29, 0.717) is 0 Å². The zero-order chi connectivity index (χ0) is 11.4. The topological polar surface area (TPSA) is 49.0 Å². The average molecular weight is 221 g/mol. The molecular weight excluding hydrogens is 202 g/mol. The van der Waals surface area contributed by atoms with Crippen LogP contribution in [0.3, 0.4) is 0 Å². The molecule has 2 heterocycles. The molecule has 0 unspecified atom stereocenters. The fourth-order valence-electron chi connectivity index (χ4n) is 2.39. The number of aromatic nitrogens is 2. The van der Waals surface area contributed by atoms with Gasteiger partial charge in [-0.25, -0.2) is 4.98 Å². The third kappa shape index (κ3) is 2.62. The summed E-state index contributed by atoms with van der Waals surface area (Å²) in [5.74, 6) is 1.68. The highest BCUT2D eigenvalue weighted by Gasteiger charge is 2.19. The number of hydrogen-bond acceptors (Lipinski definition) is 3. The van der Waals surface area contributed by atoms with Crippen molar-refractivity contribution in [3.8, 4) is 0 Å². The van der Waals surface area contributed by atoms with Crippen LogP contribution in [0.25, 0.3) is 0 Å². The van der Waals surface area contributed by atoms with Crippen molar-refractivity contribution in [2.24, 2.45) is 5.92 Å². The second kappa shape index (κ2) is 5.14. The standard InChI is InChI=1S/C12H19N3O/c1-2-3-10-4-6-15(7-5-10)11-8-12(16)14-9-13-11/h8-10H,2-7H2,1H3,(H,13,14,16). The second-order valence-corrected chi connectivity index (χ2v) is 4.49. The van der Waals surface area contributed by atoms with Gasteiger partial charge in [-0.3, -0.25) is 4.79 Å². The minimum Gasteiger partial charge on any atom is -0.356 e. The summed E-state index contributed by atoms with van der Waals surface area (Å²) in [6.45, 7) is 4.30. The highest BCUT2D eigenvalue weighted by atomic mass is 16.1. The van der Waals surface area contributed by atoms with E-state index in [9.17, 15) is 4.79 Å². The first-order valence-corrected chi connectivity index (χ1v) is 6.09. The summed E-state index contributed by atoms with van der Waals surface area (Å²) < 4.78 is 0. The largest absolute Gasteiger partial charge is 0.356 e. The van der Waals surface area contributed by atoms with Crippen LogP contribution in [-0.4, -0.2) is 23.1 Å². The van der Waals surface area contributed by atoms with E-state index in [4.69, 9.17) is 0 Å². The van der Waals surface area contributed by atoms with Gasteiger partial charge >= 0.3 is 0 Å². The van der Waals surface area contributed by atoms with Crippen molar-refractivity contribution in [1.82, 2.24) is 9.97 Å². The van der Waals surface area contributed by atoms with Crippen LogP contribution in [0, 0.1) is 5.92 Å². The van der Waals surface area contributed by atoms with Crippen molar-refractivity contribution in [2.75, 3.05) is 18.0 Å². The number of aromatic amines is 1. The summed E-state index contributed by atoms with van der Waals surface area (Å²) in [6, 6.07) is 1.58. The van der Waals surface area contributed by atoms with E-state index in [1.54, 1.807) is 6.07 Å². The predicted molar refractivity (Wildman–Crippen MR) is 64.7 cm³/mol. The van der Waals surface area contributed by atoms with Gasteiger partial charge in [-0.15, -0.1) is 0 Å². The smallest absolute Gasteiger partial charge is 0.252 e. The van der Waals surface area contributed by atoms with Crippen molar-refractivity contribution in [2.45, 2.75) is 32.6 Å². The van der Waals surface area contributed by atoms with E-state index in [1.807, 2.05) is 0 Å². The molecule has 1 aromatic heterocycles. The molecule has 0 atom stereocenters. The number of hydrogen-bond donors (Lipinski definition) is 1. The van der Waals surface area contributed by atoms with Gasteiger partial charge < -0.3 is 9.88 Å². The van der Waals surface area contributed by atoms with Crippen LogP contribution in [-0.2, 0) is 0 Å². The summed E-state index contributed by atoms with van der Waals surface area (Å²) >= 11 is 0. The van der Waals surface area contributed by atoms with Gasteiger partial charge in [0.15, 0.2) is 0 Å². The fraction of sp³-hybridized carbons (Fsp3) is 0.667. The Morgan fingerprint density at radius 3 is 2.88 bits per heavy atom. The van der Waals surface area contributed by atoms with Crippen LogP contribution in [0.4, 0.5) is 5.82 Å². The molecule has 0 amide bonds. The van der Waals surface area contributed by atoms with E-state index in [2.05, 4.69) is 21.8 Å². The van der Waals surface area contributed by atoms with Crippen LogP contribution in [0.5, 0.6) is 0 Å². The summed E-state index contributed by atoms with van der Waals surface area (Å²) in [7, 11) is 0. The molecule has 0 spiro atoms. The maximum absolute atomic E-state index is 11.2. The van der Waals surface area contributed by atoms with Crippen LogP contribution < -0.4 is 10.5 Å². The van der Waals surface area contributed by atoms with E-state index in [0.717, 1.165) is 24.8 Å². The van der Waals surface area contributed by atoms with E-state index < -0.39 is 0 Å². The zero-order valence-electron chi connectivity index (χ0n) is 9.78. The Morgan fingerprint density at radius 1 is 1.50 bits per heavy atom. The minimum atomic E-state index is -0.0688. The van der Waals surface area contributed by atoms with Crippen molar-refractivity contribution < 1.29 is 0 Å². The Bertz CT molecular complexity index is 380. The molecule has 1 aliphatic rings. The summed E-state index contributed by atoms with van der Waals surface area (Å²) in [5.41, 5.74) is -0.0688. The highest BCUT2D eigenvalue weighted by molar-refractivity contribution is 5.36. The molecule has 0 radical (unpaired) electrons. The number of nitrogens with one attached hydrogen (secondary N) is 1. The van der Waals surface area contributed by atoms with Gasteiger partial charge in [-0.2, -0.15) is 0 Å². The lowest BCUT2D eigenvalue weighted by atomic mass is 9.92. The number of H-pyrrole nitrogens is 1. The SMILES string of the molecule is CCCC1CCN(c2cc(=O)[nH]cn2)CC1. The fourth-order valence-corrected chi connectivity index (χ4v) is 2.39. The van der Waals surface area contributed by atoms with Crippen molar-refractivity contribution >= 4 is 5.82 Å². The molecule has 0 aromatic carbocycles. The Labute approximate surface area is 95.7 Å². The molecule has 4 heteroatoms. The van der Waals surface area contributed by atoms with Gasteiger partial charge in [-0.05, 0) is 18.8 Å². The third-order valence-electron chi connectivity index (χ3n) is 3.30. The van der Waals surface area contributed by atoms with Gasteiger partial charge in [0.05, 0.1) is 6.33 Å². The Hall–Kier alpha value is -1.32. The van der Waals surface area contributed by atoms with Crippen molar-refractivity contribution in [3.63, 3.8) is 0 Å². The monoisotopic (exact) mass is 221 g/mol. The highest BCUT2D eigenvalue weighted by Crippen LogP contribution is 2.23. The van der Waals surface area contributed by atoms with Gasteiger partial charge in [0.1, 0.15) is 5.82 Å². The molecule has 1 fully saturated rings. The maximum Gasteiger partial charge on any atom is 0.252 e. The molecule has 1 saturated heterocycles. The minimum absolute atomic E-state index is 0.0688. The lowest BCUT2D eigenvalue weighted by Gasteiger charge is -2.32. The van der Waals surface area contributed by atoms with E-state index in [-0.39, 0.29) is 5.56 Å². The van der Waals surface area contributed by atoms with Crippen LogP contribution in [0.15, 0.2) is 17.2 Å². The van der Waals surface area contributed by atoms with Crippen LogP contribution >= 0.6 is 0 Å². The first-order chi connectivity index (χ1) is 7.79. The number of piperidine rings is 1. The lowest BCUT2D eigenvalue weighted by Crippen LogP contribution is -2.34. The van der Waals surface area contributed by atoms with Crippen molar-refractivity contribution in [1.29, 1.82) is 0 Å². The van der Waals surface area contributed by atoms with Crippen LogP contribution in [0.2, 0.25) is 0 Å². The number of anilines is 1. The molecule has 0 bridgehead atoms. The molecule has 1 aromatic rings. The summed E-state index contributed by atoms with van der Waals surface area (Å²) in [6.07, 6.45) is 6.53. The molecule has 16 heavy (non-hydrogen) atoms. The molecule has 2 rings (SSSR count). The lowest BCUT2D eigenvalue weighted by molar-refractivity contribution is 0.377. The zero-order valence-corrected chi connectivity index (χ0v) is 9.78. The van der Waals surface area contributed by atoms with Crippen LogP contribution in [0.1, 0.15) is 32.6 Å². The molecule has 1 N–H and O–H groups in total. The first-order valence-electron chi connectivity index (χ1n) is 6.09. The van der Waals surface area contributed by atoms with Gasteiger partial charge in [0.2, 0.25) is 0 Å². The molecule has 0 aliphatic carbocycles. The Morgan fingerprint density at radius 2 is 2.25 bits per heavy atom. The molecule has 0 saturated carbocycles. The molecule has 1 aliphatic heterocycles. The van der Waals surface area contributed by atoms with E-state index >= 15 is 0 Å². The third-order valence-corrected chi connectivity index (χ3v) is 3.30. The van der Waals surface area contributed by atoms with Crippen molar-refractivity contribution in [3.05, 3.63) is 22.7 Å². The number of rotatable bonds is 3. The van der Waals surface area contributed by atoms with Gasteiger partial charge in [0, 0.05) is 19.2 Å². The normalized spacial score (nSPS) is 17.7. The molecule has 4 nitrogen and oxygen atoms in total. The average Bonchev–Trinajstić information content (AvgIpc) is 2.30. The van der Waals surface area contributed by atoms with Gasteiger partial charge in [-0.1, -0.05) is 19.8 Å². The molecular formula is C12H19N3O.